The molecular formula is C20H16Cl2N2O4. The monoisotopic (exact) mass is 418 g/mol. The fraction of sp³-hybridized carbons (Fsp3) is 0.250. The van der Waals surface area contributed by atoms with Crippen LogP contribution in [0, 0.1) is 0 Å². The summed E-state index contributed by atoms with van der Waals surface area (Å²) < 4.78 is 5.82. The number of amides is 2. The molecule has 8 heteroatoms. The minimum atomic E-state index is -0.449. The smallest absolute Gasteiger partial charge is 0.249 e. The van der Waals surface area contributed by atoms with Crippen molar-refractivity contribution < 1.29 is 19.1 Å². The first-order valence-electron chi connectivity index (χ1n) is 8.76. The lowest BCUT2D eigenvalue weighted by molar-refractivity contribution is -0.136. The number of fused-ring (bicyclic) bond motifs is 1. The summed E-state index contributed by atoms with van der Waals surface area (Å²) in [6.45, 7) is 0.458. The number of ketones is 1. The minimum Gasteiger partial charge on any atom is -0.484 e. The third-order valence-electron chi connectivity index (χ3n) is 4.90. The predicted molar refractivity (Wildman–Crippen MR) is 103 cm³/mol. The van der Waals surface area contributed by atoms with Crippen LogP contribution in [-0.2, 0) is 25.7 Å². The Morgan fingerprint density at radius 2 is 2.00 bits per heavy atom. The van der Waals surface area contributed by atoms with Crippen LogP contribution >= 0.6 is 23.2 Å². The van der Waals surface area contributed by atoms with E-state index in [0.29, 0.717) is 35.0 Å². The Morgan fingerprint density at radius 3 is 2.79 bits per heavy atom. The molecular weight excluding hydrogens is 403 g/mol. The van der Waals surface area contributed by atoms with Gasteiger partial charge >= 0.3 is 0 Å². The van der Waals surface area contributed by atoms with E-state index >= 15 is 0 Å². The molecule has 1 saturated heterocycles. The molecule has 6 nitrogen and oxygen atoms in total. The van der Waals surface area contributed by atoms with Gasteiger partial charge in [-0.2, -0.15) is 0 Å². The summed E-state index contributed by atoms with van der Waals surface area (Å²) >= 11 is 12.2. The maximum Gasteiger partial charge on any atom is 0.249 e. The molecule has 2 heterocycles. The number of carbonyl (C=O) groups is 3. The van der Waals surface area contributed by atoms with Gasteiger partial charge in [-0.15, -0.1) is 0 Å². The zero-order valence-electron chi connectivity index (χ0n) is 14.7. The van der Waals surface area contributed by atoms with Crippen molar-refractivity contribution in [3.05, 3.63) is 69.1 Å². The number of nitrogens with zero attached hydrogens (tertiary/aromatic N) is 1. The minimum absolute atomic E-state index is 0.101. The number of hydrogen-bond donors (Lipinski definition) is 1. The van der Waals surface area contributed by atoms with E-state index in [0.717, 1.165) is 11.1 Å². The Morgan fingerprint density at radius 1 is 1.18 bits per heavy atom. The van der Waals surface area contributed by atoms with Gasteiger partial charge in [-0.05, 0) is 42.3 Å². The summed E-state index contributed by atoms with van der Waals surface area (Å²) in [7, 11) is 0. The van der Waals surface area contributed by atoms with Crippen molar-refractivity contribution in [2.24, 2.45) is 0 Å². The Kier molecular flexibility index (Phi) is 5.00. The second kappa shape index (κ2) is 7.45. The van der Waals surface area contributed by atoms with E-state index in [1.807, 2.05) is 11.1 Å². The molecule has 0 aromatic heterocycles. The second-order valence-electron chi connectivity index (χ2n) is 6.75. The van der Waals surface area contributed by atoms with Gasteiger partial charge in [0.1, 0.15) is 12.6 Å². The fourth-order valence-corrected chi connectivity index (χ4v) is 3.84. The Labute approximate surface area is 171 Å². The zero-order valence-corrected chi connectivity index (χ0v) is 16.2. The number of nitrogens with one attached hydrogen (secondary N) is 1. The van der Waals surface area contributed by atoms with Crippen molar-refractivity contribution >= 4 is 40.8 Å². The first-order valence-corrected chi connectivity index (χ1v) is 9.52. The number of imide groups is 1. The number of benzene rings is 1. The average molecular weight is 419 g/mol. The Hall–Kier alpha value is -2.57. The van der Waals surface area contributed by atoms with E-state index in [1.54, 1.807) is 24.3 Å². The Balaban J connectivity index is 1.55. The highest BCUT2D eigenvalue weighted by atomic mass is 35.5. The van der Waals surface area contributed by atoms with Crippen molar-refractivity contribution in [2.75, 3.05) is 6.54 Å². The van der Waals surface area contributed by atoms with Crippen LogP contribution in [0.5, 0.6) is 0 Å². The van der Waals surface area contributed by atoms with Crippen molar-refractivity contribution in [1.82, 2.24) is 10.2 Å². The van der Waals surface area contributed by atoms with E-state index < -0.39 is 6.04 Å². The number of ether oxygens (including phenoxy) is 1. The maximum absolute atomic E-state index is 12.4. The first-order chi connectivity index (χ1) is 13.4. The highest BCUT2D eigenvalue weighted by Crippen LogP contribution is 2.33. The van der Waals surface area contributed by atoms with Crippen LogP contribution in [0.3, 0.4) is 0 Å². The zero-order chi connectivity index (χ0) is 19.8. The summed E-state index contributed by atoms with van der Waals surface area (Å²) in [5.74, 6) is -0.590. The Bertz CT molecular complexity index is 980. The standard InChI is InChI=1S/C20H16Cl2N2O4/c21-13-2-3-15(22)12(7-13)10-28-19-14-9-24(8-11(14)1-5-17(19)25)16-4-6-18(26)23-20(16)27/h1-3,5,7-8,16H,4,6,9-10H2,(H,23,26,27). The van der Waals surface area contributed by atoms with Gasteiger partial charge in [0, 0.05) is 40.3 Å². The van der Waals surface area contributed by atoms with Gasteiger partial charge in [0.25, 0.3) is 0 Å². The van der Waals surface area contributed by atoms with Gasteiger partial charge in [-0.1, -0.05) is 23.2 Å². The van der Waals surface area contributed by atoms with Gasteiger partial charge in [0.2, 0.25) is 17.6 Å². The molecule has 3 aliphatic rings. The SMILES string of the molecule is O=C1CCC(N2C=C3C=CC(=O)C(OCc4cc(Cl)ccc4Cl)=C3C2)C(=O)N1. The van der Waals surface area contributed by atoms with Crippen LogP contribution < -0.4 is 5.32 Å². The number of rotatable bonds is 4. The lowest BCUT2D eigenvalue weighted by Gasteiger charge is -2.29. The predicted octanol–water partition coefficient (Wildman–Crippen LogP) is 2.91. The molecule has 0 radical (unpaired) electrons. The van der Waals surface area contributed by atoms with Gasteiger partial charge in [0.15, 0.2) is 5.76 Å². The summed E-state index contributed by atoms with van der Waals surface area (Å²) in [6.07, 6.45) is 5.71. The lowest BCUT2D eigenvalue weighted by Crippen LogP contribution is -2.50. The number of hydrogen-bond acceptors (Lipinski definition) is 5. The summed E-state index contributed by atoms with van der Waals surface area (Å²) in [6, 6.07) is 4.60. The molecule has 0 bridgehead atoms. The van der Waals surface area contributed by atoms with Gasteiger partial charge in [-0.3, -0.25) is 19.7 Å². The quantitative estimate of drug-likeness (QED) is 0.760. The van der Waals surface area contributed by atoms with Crippen LogP contribution in [0.2, 0.25) is 10.0 Å². The largest absolute Gasteiger partial charge is 0.484 e. The van der Waals surface area contributed by atoms with Crippen LogP contribution in [0.25, 0.3) is 0 Å². The molecule has 4 rings (SSSR count). The topological polar surface area (TPSA) is 75.7 Å². The number of halogens is 2. The van der Waals surface area contributed by atoms with Crippen LogP contribution in [0.15, 0.2) is 53.5 Å². The molecule has 1 aromatic rings. The van der Waals surface area contributed by atoms with Gasteiger partial charge in [0.05, 0.1) is 0 Å². The third kappa shape index (κ3) is 3.57. The molecule has 0 saturated carbocycles. The molecule has 1 aliphatic carbocycles. The molecule has 1 atom stereocenters. The highest BCUT2D eigenvalue weighted by Gasteiger charge is 2.36. The first kappa shape index (κ1) is 18.8. The second-order valence-corrected chi connectivity index (χ2v) is 7.60. The molecule has 144 valence electrons. The van der Waals surface area contributed by atoms with E-state index in [1.165, 1.54) is 6.08 Å². The van der Waals surface area contributed by atoms with Gasteiger partial charge in [-0.25, -0.2) is 0 Å². The molecule has 1 aromatic carbocycles. The lowest BCUT2D eigenvalue weighted by atomic mass is 10.00. The number of allylic oxidation sites excluding steroid dienone is 2. The molecule has 28 heavy (non-hydrogen) atoms. The van der Waals surface area contributed by atoms with E-state index in [9.17, 15) is 14.4 Å². The van der Waals surface area contributed by atoms with E-state index in [4.69, 9.17) is 27.9 Å². The van der Waals surface area contributed by atoms with Crippen molar-refractivity contribution in [3.8, 4) is 0 Å². The molecule has 2 amide bonds. The van der Waals surface area contributed by atoms with Crippen LogP contribution in [0.4, 0.5) is 0 Å². The normalized spacial score (nSPS) is 21.6. The molecule has 0 spiro atoms. The van der Waals surface area contributed by atoms with E-state index in [-0.39, 0.29) is 30.0 Å². The molecule has 2 aliphatic heterocycles. The third-order valence-corrected chi connectivity index (χ3v) is 5.50. The summed E-state index contributed by atoms with van der Waals surface area (Å²) in [4.78, 5) is 37.8. The molecule has 1 N–H and O–H groups in total. The number of piperidine rings is 1. The highest BCUT2D eigenvalue weighted by molar-refractivity contribution is 6.33. The van der Waals surface area contributed by atoms with Crippen LogP contribution in [0.1, 0.15) is 18.4 Å². The molecule has 1 unspecified atom stereocenters. The van der Waals surface area contributed by atoms with Crippen molar-refractivity contribution in [3.63, 3.8) is 0 Å². The van der Waals surface area contributed by atoms with Crippen LogP contribution in [-0.4, -0.2) is 35.1 Å². The maximum atomic E-state index is 12.4. The van der Waals surface area contributed by atoms with Gasteiger partial charge < -0.3 is 9.64 Å². The fourth-order valence-electron chi connectivity index (χ4n) is 3.47. The number of carbonyl (C=O) groups excluding carboxylic acids is 3. The summed E-state index contributed by atoms with van der Waals surface area (Å²) in [5, 5.41) is 3.39. The average Bonchev–Trinajstić information content (AvgIpc) is 3.07. The van der Waals surface area contributed by atoms with E-state index in [2.05, 4.69) is 5.32 Å². The molecule has 1 fully saturated rings. The van der Waals surface area contributed by atoms with Crippen molar-refractivity contribution in [2.45, 2.75) is 25.5 Å². The van der Waals surface area contributed by atoms with Crippen molar-refractivity contribution in [1.29, 1.82) is 0 Å². The summed E-state index contributed by atoms with van der Waals surface area (Å²) in [5.41, 5.74) is 2.21.